The summed E-state index contributed by atoms with van der Waals surface area (Å²) < 4.78 is 0. The van der Waals surface area contributed by atoms with Crippen molar-refractivity contribution < 1.29 is 2.85 Å². The minimum Gasteiger partial charge on any atom is -1.00 e. The zero-order valence-electron chi connectivity index (χ0n) is 11.6. The smallest absolute Gasteiger partial charge is 1.00 e. The molecule has 0 fully saturated rings. The molecule has 0 N–H and O–H groups in total. The summed E-state index contributed by atoms with van der Waals surface area (Å²) in [5, 5.41) is 0. The third kappa shape index (κ3) is 15.5. The molecule has 0 atom stereocenters. The summed E-state index contributed by atoms with van der Waals surface area (Å²) >= 11 is 3.28. The Hall–Kier alpha value is 0.986. The van der Waals surface area contributed by atoms with Crippen LogP contribution < -0.4 is 0 Å². The van der Waals surface area contributed by atoms with Crippen LogP contribution in [0, 0.1) is 0 Å². The maximum Gasteiger partial charge on any atom is 2.00 e. The zero-order valence-corrected chi connectivity index (χ0v) is 12.6. The Bertz CT molecular complexity index is 122. The van der Waals surface area contributed by atoms with Crippen LogP contribution in [-0.2, 0) is 0 Å². The van der Waals surface area contributed by atoms with Gasteiger partial charge in [-0.1, -0.05) is 73.9 Å². The first-order valence-electron chi connectivity index (χ1n) is 5.67. The van der Waals surface area contributed by atoms with Gasteiger partial charge in [0, 0.05) is 0 Å². The Morgan fingerprint density at radius 3 is 1.93 bits per heavy atom. The van der Waals surface area contributed by atoms with E-state index in [1.807, 2.05) is 4.99 Å². The van der Waals surface area contributed by atoms with Crippen molar-refractivity contribution in [3.8, 4) is 0 Å². The van der Waals surface area contributed by atoms with Crippen molar-refractivity contribution in [2.75, 3.05) is 0 Å². The van der Waals surface area contributed by atoms with Crippen LogP contribution in [0.15, 0.2) is 11.1 Å². The van der Waals surface area contributed by atoms with Crippen LogP contribution in [0.25, 0.3) is 0 Å². The van der Waals surface area contributed by atoms with E-state index >= 15 is 0 Å². The van der Waals surface area contributed by atoms with Gasteiger partial charge in [-0.25, -0.2) is 0 Å². The molecule has 0 unspecified atom stereocenters. The number of halogens is 1. The fraction of sp³-hybridized carbons (Fsp3) is 0.833. The molecule has 0 aromatic carbocycles. The predicted octanol–water partition coefficient (Wildman–Crippen LogP) is 5.27. The van der Waals surface area contributed by atoms with E-state index < -0.39 is 0 Å². The average molecular weight is 274 g/mol. The normalized spacial score (nSPS) is 10.4. The molecule has 0 nitrogen and oxygen atoms in total. The van der Waals surface area contributed by atoms with E-state index in [1.165, 1.54) is 57.8 Å². The fourth-order valence-corrected chi connectivity index (χ4v) is 1.72. The largest absolute Gasteiger partial charge is 2.00 e. The Labute approximate surface area is 117 Å². The van der Waals surface area contributed by atoms with Crippen molar-refractivity contribution in [3.63, 3.8) is 0 Å². The molecule has 0 bridgehead atoms. The zero-order chi connectivity index (χ0) is 9.78. The molecular weight excluding hydrogens is 248 g/mol. The molecule has 0 aromatic rings. The van der Waals surface area contributed by atoms with Gasteiger partial charge in [0.05, 0.1) is 0 Å². The summed E-state index contributed by atoms with van der Waals surface area (Å²) in [6.07, 6.45) is 14.7. The summed E-state index contributed by atoms with van der Waals surface area (Å²) in [7, 11) is 0. The van der Waals surface area contributed by atoms with E-state index in [2.05, 4.69) is 28.9 Å². The first kappa shape index (κ1) is 17.4. The van der Waals surface area contributed by atoms with E-state index in [9.17, 15) is 0 Å². The van der Waals surface area contributed by atoms with Crippen LogP contribution >= 0.6 is 15.9 Å². The van der Waals surface area contributed by atoms with E-state index in [4.69, 9.17) is 0 Å². The van der Waals surface area contributed by atoms with Crippen LogP contribution in [0.2, 0.25) is 0 Å². The number of rotatable bonds is 9. The Balaban J connectivity index is -0.000000240. The molecule has 0 spiro atoms. The molecule has 0 aromatic heterocycles. The van der Waals surface area contributed by atoms with E-state index in [1.54, 1.807) is 0 Å². The molecule has 14 heavy (non-hydrogen) atoms. The van der Waals surface area contributed by atoms with Crippen LogP contribution in [0.5, 0.6) is 0 Å². The molecule has 0 aliphatic heterocycles. The Morgan fingerprint density at radius 2 is 1.43 bits per heavy atom. The monoisotopic (exact) mass is 272 g/mol. The second kappa shape index (κ2) is 16.4. The topological polar surface area (TPSA) is 0 Å². The number of unbranched alkanes of at least 4 members (excludes halogenated alkanes) is 8. The summed E-state index contributed by atoms with van der Waals surface area (Å²) in [5.41, 5.74) is 0. The molecule has 0 saturated heterocycles. The van der Waals surface area contributed by atoms with Crippen molar-refractivity contribution in [3.05, 3.63) is 11.1 Å². The molecule has 0 aliphatic rings. The fourth-order valence-electron chi connectivity index (χ4n) is 1.46. The quantitative estimate of drug-likeness (QED) is 0.396. The van der Waals surface area contributed by atoms with Crippen molar-refractivity contribution in [1.82, 2.24) is 0 Å². The van der Waals surface area contributed by atoms with Crippen molar-refractivity contribution >= 4 is 39.0 Å². The summed E-state index contributed by atoms with van der Waals surface area (Å²) in [6.45, 7) is 2.27. The van der Waals surface area contributed by atoms with Gasteiger partial charge in [0.15, 0.2) is 0 Å². The maximum atomic E-state index is 3.28. The minimum atomic E-state index is 0. The summed E-state index contributed by atoms with van der Waals surface area (Å²) in [5.74, 6) is 0. The molecule has 0 aliphatic carbocycles. The van der Waals surface area contributed by atoms with E-state index in [0.717, 1.165) is 0 Å². The van der Waals surface area contributed by atoms with Gasteiger partial charge >= 0.3 is 23.1 Å². The molecule has 0 heterocycles. The van der Waals surface area contributed by atoms with Gasteiger partial charge in [-0.05, 0) is 17.8 Å². The third-order valence-corrected chi connectivity index (χ3v) is 2.69. The van der Waals surface area contributed by atoms with Crippen LogP contribution in [0.4, 0.5) is 0 Å². The molecule has 0 rings (SSSR count). The van der Waals surface area contributed by atoms with Crippen LogP contribution in [0.3, 0.4) is 0 Å². The Kier molecular flexibility index (Phi) is 20.4. The van der Waals surface area contributed by atoms with Gasteiger partial charge in [0.25, 0.3) is 0 Å². The van der Waals surface area contributed by atoms with E-state index in [0.29, 0.717) is 0 Å². The summed E-state index contributed by atoms with van der Waals surface area (Å²) in [4.78, 5) is 1.97. The molecule has 82 valence electrons. The minimum absolute atomic E-state index is 0. The summed E-state index contributed by atoms with van der Waals surface area (Å²) in [6, 6.07) is 0. The van der Waals surface area contributed by atoms with Gasteiger partial charge in [0.2, 0.25) is 0 Å². The van der Waals surface area contributed by atoms with E-state index in [-0.39, 0.29) is 25.9 Å². The second-order valence-electron chi connectivity index (χ2n) is 3.63. The molecule has 0 saturated carbocycles. The second-order valence-corrected chi connectivity index (χ2v) is 4.15. The van der Waals surface area contributed by atoms with Crippen molar-refractivity contribution in [2.24, 2.45) is 0 Å². The number of hydrogen-bond acceptors (Lipinski definition) is 0. The first-order chi connectivity index (χ1) is 6.41. The molecule has 2 heteroatoms. The standard InChI is InChI=1S/C12H23Br.Mg.2H/c1-2-3-4-5-6-7-8-9-10-11-12-13;;;/h11-12H,2-10H2,1H3;;;/q;+2;2*-1. The van der Waals surface area contributed by atoms with Crippen molar-refractivity contribution in [2.45, 2.75) is 64.7 Å². The molecule has 0 amide bonds. The predicted molar refractivity (Wildman–Crippen MR) is 73.3 cm³/mol. The SMILES string of the molecule is CCCCCCCCCCC=CBr.[H-].[H-].[Mg+2]. The van der Waals surface area contributed by atoms with Gasteiger partial charge in [-0.2, -0.15) is 0 Å². The van der Waals surface area contributed by atoms with Gasteiger partial charge in [0.1, 0.15) is 0 Å². The molecule has 0 radical (unpaired) electrons. The van der Waals surface area contributed by atoms with Gasteiger partial charge < -0.3 is 2.85 Å². The van der Waals surface area contributed by atoms with Crippen LogP contribution in [-0.4, -0.2) is 23.1 Å². The van der Waals surface area contributed by atoms with Gasteiger partial charge in [-0.15, -0.1) is 0 Å². The first-order valence-corrected chi connectivity index (χ1v) is 6.58. The Morgan fingerprint density at radius 1 is 0.929 bits per heavy atom. The average Bonchev–Trinajstić information content (AvgIpc) is 2.16. The maximum absolute atomic E-state index is 3.28. The van der Waals surface area contributed by atoms with Crippen molar-refractivity contribution in [1.29, 1.82) is 0 Å². The number of allylic oxidation sites excluding steroid dienone is 1. The number of hydrogen-bond donors (Lipinski definition) is 0. The third-order valence-electron chi connectivity index (χ3n) is 2.31. The molecular formula is C12H25BrMg. The van der Waals surface area contributed by atoms with Crippen LogP contribution in [0.1, 0.15) is 67.6 Å². The van der Waals surface area contributed by atoms with Gasteiger partial charge in [-0.3, -0.25) is 0 Å².